The summed E-state index contributed by atoms with van der Waals surface area (Å²) in [6.45, 7) is 3.53. The van der Waals surface area contributed by atoms with Gasteiger partial charge in [-0.3, -0.25) is 0 Å². The van der Waals surface area contributed by atoms with Crippen LogP contribution >= 0.6 is 0 Å². The Morgan fingerprint density at radius 3 is 2.80 bits per heavy atom. The summed E-state index contributed by atoms with van der Waals surface area (Å²) >= 11 is 0. The van der Waals surface area contributed by atoms with Gasteiger partial charge in [-0.2, -0.15) is 0 Å². The monoisotopic (exact) mass is 201 g/mol. The van der Waals surface area contributed by atoms with Crippen molar-refractivity contribution in [2.45, 2.75) is 0 Å². The predicted molar refractivity (Wildman–Crippen MR) is 59.6 cm³/mol. The molecule has 0 radical (unpaired) electrons. The highest BCUT2D eigenvalue weighted by Gasteiger charge is 2.08. The number of hydrogen-bond acceptors (Lipinski definition) is 1. The molecule has 0 amide bonds. The van der Waals surface area contributed by atoms with Crippen LogP contribution in [0.4, 0.5) is 0 Å². The first kappa shape index (κ1) is 9.52. The minimum atomic E-state index is -0.981. The van der Waals surface area contributed by atoms with Gasteiger partial charge in [-0.1, -0.05) is 12.6 Å². The molecule has 0 unspecified atom stereocenters. The Morgan fingerprint density at radius 2 is 2.13 bits per heavy atom. The fourth-order valence-electron chi connectivity index (χ4n) is 1.59. The van der Waals surface area contributed by atoms with Gasteiger partial charge in [-0.25, -0.2) is 4.79 Å². The number of carboxylic acids is 1. The molecule has 2 rings (SSSR count). The summed E-state index contributed by atoms with van der Waals surface area (Å²) in [6.07, 6.45) is 1.94. The minimum absolute atomic E-state index is 0.126. The van der Waals surface area contributed by atoms with Gasteiger partial charge in [-0.05, 0) is 23.8 Å². The third-order valence-electron chi connectivity index (χ3n) is 2.49. The van der Waals surface area contributed by atoms with Gasteiger partial charge in [0, 0.05) is 24.1 Å². The Morgan fingerprint density at radius 1 is 1.40 bits per heavy atom. The average molecular weight is 201 g/mol. The standard InChI is InChI=1S/C12H11NO2/c1-8(12(14)15)9-3-4-11-10(7-9)5-6-13(11)2/h3-7H,1H2,2H3,(H,14,15). The molecule has 3 nitrogen and oxygen atoms in total. The Labute approximate surface area is 87.3 Å². The second-order valence-corrected chi connectivity index (χ2v) is 3.48. The van der Waals surface area contributed by atoms with Crippen molar-refractivity contribution >= 4 is 22.4 Å². The molecule has 0 bridgehead atoms. The molecular formula is C12H11NO2. The number of carbonyl (C=O) groups is 1. The number of benzene rings is 1. The number of aromatic nitrogens is 1. The van der Waals surface area contributed by atoms with Gasteiger partial charge in [0.15, 0.2) is 0 Å². The molecule has 1 aromatic carbocycles. The van der Waals surface area contributed by atoms with Crippen LogP contribution in [0.2, 0.25) is 0 Å². The summed E-state index contributed by atoms with van der Waals surface area (Å²) in [5.41, 5.74) is 1.86. The van der Waals surface area contributed by atoms with Crippen LogP contribution in [0.3, 0.4) is 0 Å². The lowest BCUT2D eigenvalue weighted by Gasteiger charge is -2.01. The lowest BCUT2D eigenvalue weighted by molar-refractivity contribution is -0.130. The summed E-state index contributed by atoms with van der Waals surface area (Å²) in [5, 5.41) is 9.83. The largest absolute Gasteiger partial charge is 0.478 e. The molecule has 3 heteroatoms. The van der Waals surface area contributed by atoms with Crippen molar-refractivity contribution < 1.29 is 9.90 Å². The number of hydrogen-bond donors (Lipinski definition) is 1. The molecule has 0 saturated heterocycles. The average Bonchev–Trinajstić information content (AvgIpc) is 2.59. The minimum Gasteiger partial charge on any atom is -0.478 e. The van der Waals surface area contributed by atoms with Crippen molar-refractivity contribution in [3.63, 3.8) is 0 Å². The molecule has 0 fully saturated rings. The number of aliphatic carboxylic acids is 1. The van der Waals surface area contributed by atoms with Gasteiger partial charge in [0.2, 0.25) is 0 Å². The number of rotatable bonds is 2. The lowest BCUT2D eigenvalue weighted by atomic mass is 10.1. The van der Waals surface area contributed by atoms with E-state index in [4.69, 9.17) is 5.11 Å². The summed E-state index contributed by atoms with van der Waals surface area (Å²) < 4.78 is 1.99. The van der Waals surface area contributed by atoms with E-state index in [0.29, 0.717) is 5.56 Å². The quantitative estimate of drug-likeness (QED) is 0.757. The van der Waals surface area contributed by atoms with Crippen molar-refractivity contribution in [1.29, 1.82) is 0 Å². The van der Waals surface area contributed by atoms with Gasteiger partial charge < -0.3 is 9.67 Å². The molecule has 76 valence electrons. The van der Waals surface area contributed by atoms with Gasteiger partial charge in [0.1, 0.15) is 0 Å². The molecule has 0 atom stereocenters. The van der Waals surface area contributed by atoms with Crippen LogP contribution in [0.15, 0.2) is 37.0 Å². The maximum Gasteiger partial charge on any atom is 0.335 e. The zero-order valence-corrected chi connectivity index (χ0v) is 8.40. The number of aryl methyl sites for hydroxylation is 1. The summed E-state index contributed by atoms with van der Waals surface area (Å²) in [7, 11) is 1.95. The first-order valence-electron chi connectivity index (χ1n) is 4.57. The van der Waals surface area contributed by atoms with Crippen molar-refractivity contribution in [2.24, 2.45) is 7.05 Å². The van der Waals surface area contributed by atoms with Crippen LogP contribution in [-0.2, 0) is 11.8 Å². The van der Waals surface area contributed by atoms with Crippen molar-refractivity contribution in [3.8, 4) is 0 Å². The van der Waals surface area contributed by atoms with Crippen LogP contribution in [0.5, 0.6) is 0 Å². The Kier molecular flexibility index (Phi) is 2.08. The molecule has 1 heterocycles. The van der Waals surface area contributed by atoms with Crippen molar-refractivity contribution in [3.05, 3.63) is 42.6 Å². The summed E-state index contributed by atoms with van der Waals surface area (Å²) in [6, 6.07) is 7.47. The van der Waals surface area contributed by atoms with E-state index in [-0.39, 0.29) is 5.57 Å². The molecule has 0 saturated carbocycles. The molecule has 1 aromatic heterocycles. The lowest BCUT2D eigenvalue weighted by Crippen LogP contribution is -1.97. The SMILES string of the molecule is C=C(C(=O)O)c1ccc2c(ccn2C)c1. The third kappa shape index (κ3) is 1.52. The predicted octanol–water partition coefficient (Wildman–Crippen LogP) is 2.28. The molecule has 0 aliphatic heterocycles. The van der Waals surface area contributed by atoms with E-state index in [2.05, 4.69) is 6.58 Å². The second kappa shape index (κ2) is 3.28. The van der Waals surface area contributed by atoms with Gasteiger partial charge in [-0.15, -0.1) is 0 Å². The summed E-state index contributed by atoms with van der Waals surface area (Å²) in [5.74, 6) is -0.981. The fraction of sp³-hybridized carbons (Fsp3) is 0.0833. The fourth-order valence-corrected chi connectivity index (χ4v) is 1.59. The Bertz CT molecular complexity index is 552. The summed E-state index contributed by atoms with van der Waals surface area (Å²) in [4.78, 5) is 10.7. The maximum absolute atomic E-state index is 10.7. The van der Waals surface area contributed by atoms with Gasteiger partial charge in [0.05, 0.1) is 5.57 Å². The van der Waals surface area contributed by atoms with Crippen LogP contribution in [0.25, 0.3) is 16.5 Å². The molecule has 0 aliphatic rings. The van der Waals surface area contributed by atoms with Gasteiger partial charge in [0.25, 0.3) is 0 Å². The van der Waals surface area contributed by atoms with E-state index >= 15 is 0 Å². The number of carboxylic acid groups (broad SMARTS) is 1. The van der Waals surface area contributed by atoms with E-state index in [1.54, 1.807) is 6.07 Å². The normalized spacial score (nSPS) is 10.5. The van der Waals surface area contributed by atoms with Crippen LogP contribution in [0.1, 0.15) is 5.56 Å². The molecular weight excluding hydrogens is 190 g/mol. The van der Waals surface area contributed by atoms with Crippen LogP contribution < -0.4 is 0 Å². The van der Waals surface area contributed by atoms with E-state index in [1.165, 1.54) is 0 Å². The van der Waals surface area contributed by atoms with Crippen molar-refractivity contribution in [2.75, 3.05) is 0 Å². The maximum atomic E-state index is 10.7. The molecule has 15 heavy (non-hydrogen) atoms. The second-order valence-electron chi connectivity index (χ2n) is 3.48. The van der Waals surface area contributed by atoms with Crippen LogP contribution in [-0.4, -0.2) is 15.6 Å². The molecule has 0 aliphatic carbocycles. The first-order valence-corrected chi connectivity index (χ1v) is 4.57. The van der Waals surface area contributed by atoms with E-state index in [1.807, 2.05) is 36.0 Å². The molecule has 0 spiro atoms. The first-order chi connectivity index (χ1) is 7.09. The number of nitrogens with zero attached hydrogens (tertiary/aromatic N) is 1. The topological polar surface area (TPSA) is 42.2 Å². The van der Waals surface area contributed by atoms with E-state index < -0.39 is 5.97 Å². The highest BCUT2D eigenvalue weighted by atomic mass is 16.4. The molecule has 1 N–H and O–H groups in total. The third-order valence-corrected chi connectivity index (χ3v) is 2.49. The molecule has 2 aromatic rings. The Balaban J connectivity index is 2.57. The van der Waals surface area contributed by atoms with Gasteiger partial charge >= 0.3 is 5.97 Å². The Hall–Kier alpha value is -2.03. The van der Waals surface area contributed by atoms with E-state index in [0.717, 1.165) is 10.9 Å². The zero-order chi connectivity index (χ0) is 11.0. The number of fused-ring (bicyclic) bond motifs is 1. The van der Waals surface area contributed by atoms with Crippen molar-refractivity contribution in [1.82, 2.24) is 4.57 Å². The van der Waals surface area contributed by atoms with E-state index in [9.17, 15) is 4.79 Å². The highest BCUT2D eigenvalue weighted by molar-refractivity contribution is 6.15. The zero-order valence-electron chi connectivity index (χ0n) is 8.40. The highest BCUT2D eigenvalue weighted by Crippen LogP contribution is 2.20. The smallest absolute Gasteiger partial charge is 0.335 e. The van der Waals surface area contributed by atoms with Crippen LogP contribution in [0, 0.1) is 0 Å².